The monoisotopic (exact) mass is 218 g/mol. The summed E-state index contributed by atoms with van der Waals surface area (Å²) in [6, 6.07) is 1.53. The normalized spacial score (nSPS) is 14.0. The Labute approximate surface area is 86.1 Å². The SMILES string of the molecule is C[C@@H](N)c1cc(N)cc(C(C)(F)F)c1F. The average molecular weight is 218 g/mol. The van der Waals surface area contributed by atoms with E-state index in [0.717, 1.165) is 6.07 Å². The van der Waals surface area contributed by atoms with Crippen molar-refractivity contribution in [3.8, 4) is 0 Å². The van der Waals surface area contributed by atoms with Gasteiger partial charge in [-0.3, -0.25) is 0 Å². The van der Waals surface area contributed by atoms with E-state index >= 15 is 0 Å². The van der Waals surface area contributed by atoms with Crippen molar-refractivity contribution in [1.29, 1.82) is 0 Å². The van der Waals surface area contributed by atoms with E-state index in [1.165, 1.54) is 13.0 Å². The number of anilines is 1. The molecule has 0 spiro atoms. The molecule has 0 amide bonds. The van der Waals surface area contributed by atoms with Crippen LogP contribution in [0.5, 0.6) is 0 Å². The van der Waals surface area contributed by atoms with Gasteiger partial charge in [-0.2, -0.15) is 0 Å². The third kappa shape index (κ3) is 2.41. The van der Waals surface area contributed by atoms with E-state index in [0.29, 0.717) is 6.92 Å². The highest BCUT2D eigenvalue weighted by Crippen LogP contribution is 2.33. The summed E-state index contributed by atoms with van der Waals surface area (Å²) in [5, 5.41) is 0. The fourth-order valence-corrected chi connectivity index (χ4v) is 1.32. The fourth-order valence-electron chi connectivity index (χ4n) is 1.32. The Morgan fingerprint density at radius 2 is 1.87 bits per heavy atom. The summed E-state index contributed by atoms with van der Waals surface area (Å²) in [6.45, 7) is 2.13. The van der Waals surface area contributed by atoms with Gasteiger partial charge in [-0.1, -0.05) is 0 Å². The third-order valence-corrected chi connectivity index (χ3v) is 2.09. The van der Waals surface area contributed by atoms with E-state index in [2.05, 4.69) is 0 Å². The van der Waals surface area contributed by atoms with Gasteiger partial charge in [-0.05, 0) is 19.1 Å². The summed E-state index contributed by atoms with van der Waals surface area (Å²) in [5.74, 6) is -4.24. The molecule has 0 radical (unpaired) electrons. The highest BCUT2D eigenvalue weighted by atomic mass is 19.3. The topological polar surface area (TPSA) is 52.0 Å². The number of alkyl halides is 2. The second kappa shape index (κ2) is 3.73. The Hall–Kier alpha value is -1.23. The summed E-state index contributed by atoms with van der Waals surface area (Å²) in [4.78, 5) is 0. The molecule has 1 aromatic rings. The van der Waals surface area contributed by atoms with Crippen molar-refractivity contribution in [2.24, 2.45) is 5.73 Å². The van der Waals surface area contributed by atoms with Crippen LogP contribution < -0.4 is 11.5 Å². The van der Waals surface area contributed by atoms with Gasteiger partial charge in [0.15, 0.2) is 0 Å². The number of rotatable bonds is 2. The van der Waals surface area contributed by atoms with Crippen molar-refractivity contribution >= 4 is 5.69 Å². The molecule has 0 aliphatic rings. The molecule has 0 bridgehead atoms. The van der Waals surface area contributed by atoms with Crippen LogP contribution in [0.3, 0.4) is 0 Å². The van der Waals surface area contributed by atoms with Gasteiger partial charge in [0.1, 0.15) is 5.82 Å². The smallest absolute Gasteiger partial charge is 0.273 e. The van der Waals surface area contributed by atoms with Crippen LogP contribution in [0.15, 0.2) is 12.1 Å². The van der Waals surface area contributed by atoms with Gasteiger partial charge in [-0.15, -0.1) is 0 Å². The standard InChI is InChI=1S/C10H13F3N2/c1-5(14)7-3-6(15)4-8(9(7)11)10(2,12)13/h3-5H,14-15H2,1-2H3/t5-/m1/s1. The Morgan fingerprint density at radius 1 is 1.33 bits per heavy atom. The van der Waals surface area contributed by atoms with Gasteiger partial charge in [0.25, 0.3) is 5.92 Å². The molecule has 0 fully saturated rings. The summed E-state index contributed by atoms with van der Waals surface area (Å²) in [5.41, 5.74) is 10.2. The van der Waals surface area contributed by atoms with Gasteiger partial charge >= 0.3 is 0 Å². The second-order valence-corrected chi connectivity index (χ2v) is 3.65. The molecule has 0 saturated carbocycles. The first-order valence-corrected chi connectivity index (χ1v) is 4.46. The molecule has 0 saturated heterocycles. The van der Waals surface area contributed by atoms with Crippen LogP contribution in [-0.4, -0.2) is 0 Å². The molecule has 0 aliphatic carbocycles. The molecule has 0 aromatic heterocycles. The largest absolute Gasteiger partial charge is 0.399 e. The van der Waals surface area contributed by atoms with Crippen LogP contribution in [-0.2, 0) is 5.92 Å². The minimum Gasteiger partial charge on any atom is -0.399 e. The minimum absolute atomic E-state index is 0.00604. The van der Waals surface area contributed by atoms with Crippen molar-refractivity contribution in [3.63, 3.8) is 0 Å². The zero-order valence-electron chi connectivity index (χ0n) is 8.52. The molecule has 15 heavy (non-hydrogen) atoms. The summed E-state index contributed by atoms with van der Waals surface area (Å²) < 4.78 is 39.6. The van der Waals surface area contributed by atoms with Gasteiger partial charge in [0.2, 0.25) is 0 Å². The molecule has 0 heterocycles. The molecule has 1 atom stereocenters. The van der Waals surface area contributed by atoms with E-state index in [1.54, 1.807) is 0 Å². The Balaban J connectivity index is 3.42. The highest BCUT2D eigenvalue weighted by Gasteiger charge is 2.30. The molecule has 0 unspecified atom stereocenters. The molecule has 5 heteroatoms. The molecule has 0 aliphatic heterocycles. The Bertz CT molecular complexity index is 370. The minimum atomic E-state index is -3.26. The van der Waals surface area contributed by atoms with Crippen LogP contribution in [0.2, 0.25) is 0 Å². The molecule has 84 valence electrons. The predicted octanol–water partition coefficient (Wildman–Crippen LogP) is 2.54. The van der Waals surface area contributed by atoms with Crippen LogP contribution in [0.1, 0.15) is 31.0 Å². The Kier molecular flexibility index (Phi) is 2.95. The fraction of sp³-hybridized carbons (Fsp3) is 0.400. The first-order chi connectivity index (χ1) is 6.73. The average Bonchev–Trinajstić information content (AvgIpc) is 2.06. The van der Waals surface area contributed by atoms with Crippen LogP contribution in [0.4, 0.5) is 18.9 Å². The summed E-state index contributed by atoms with van der Waals surface area (Å²) in [7, 11) is 0. The van der Waals surface area contributed by atoms with Crippen molar-refractivity contribution in [3.05, 3.63) is 29.1 Å². The van der Waals surface area contributed by atoms with Crippen molar-refractivity contribution in [1.82, 2.24) is 0 Å². The first kappa shape index (κ1) is 11.8. The number of nitrogen functional groups attached to an aromatic ring is 1. The lowest BCUT2D eigenvalue weighted by molar-refractivity contribution is 0.0136. The zero-order valence-corrected chi connectivity index (χ0v) is 8.52. The lowest BCUT2D eigenvalue weighted by Crippen LogP contribution is -2.16. The van der Waals surface area contributed by atoms with Crippen LogP contribution >= 0.6 is 0 Å². The number of nitrogens with two attached hydrogens (primary N) is 2. The van der Waals surface area contributed by atoms with Gasteiger partial charge in [0, 0.05) is 24.2 Å². The molecular formula is C10H13F3N2. The van der Waals surface area contributed by atoms with E-state index < -0.39 is 23.3 Å². The lowest BCUT2D eigenvalue weighted by Gasteiger charge is -2.16. The molecule has 1 rings (SSSR count). The highest BCUT2D eigenvalue weighted by molar-refractivity contribution is 5.47. The van der Waals surface area contributed by atoms with E-state index in [1.807, 2.05) is 0 Å². The van der Waals surface area contributed by atoms with Crippen molar-refractivity contribution in [2.75, 3.05) is 5.73 Å². The quantitative estimate of drug-likeness (QED) is 0.749. The summed E-state index contributed by atoms with van der Waals surface area (Å²) >= 11 is 0. The number of halogens is 3. The first-order valence-electron chi connectivity index (χ1n) is 4.46. The maximum atomic E-state index is 13.6. The molecule has 2 nitrogen and oxygen atoms in total. The van der Waals surface area contributed by atoms with Crippen molar-refractivity contribution < 1.29 is 13.2 Å². The molecule has 1 aromatic carbocycles. The van der Waals surface area contributed by atoms with E-state index in [4.69, 9.17) is 11.5 Å². The number of benzene rings is 1. The van der Waals surface area contributed by atoms with E-state index in [-0.39, 0.29) is 11.3 Å². The predicted molar refractivity (Wildman–Crippen MR) is 53.0 cm³/mol. The zero-order chi connectivity index (χ0) is 11.8. The number of hydrogen-bond acceptors (Lipinski definition) is 2. The third-order valence-electron chi connectivity index (χ3n) is 2.09. The maximum Gasteiger partial charge on any atom is 0.273 e. The maximum absolute atomic E-state index is 13.6. The molecule has 4 N–H and O–H groups in total. The van der Waals surface area contributed by atoms with Gasteiger partial charge < -0.3 is 11.5 Å². The number of hydrogen-bond donors (Lipinski definition) is 2. The van der Waals surface area contributed by atoms with Crippen LogP contribution in [0.25, 0.3) is 0 Å². The van der Waals surface area contributed by atoms with Gasteiger partial charge in [-0.25, -0.2) is 13.2 Å². The van der Waals surface area contributed by atoms with Crippen LogP contribution in [0, 0.1) is 5.82 Å². The van der Waals surface area contributed by atoms with E-state index in [9.17, 15) is 13.2 Å². The second-order valence-electron chi connectivity index (χ2n) is 3.65. The van der Waals surface area contributed by atoms with Crippen molar-refractivity contribution in [2.45, 2.75) is 25.8 Å². The summed E-state index contributed by atoms with van der Waals surface area (Å²) in [6.07, 6.45) is 0. The van der Waals surface area contributed by atoms with Gasteiger partial charge in [0.05, 0.1) is 5.56 Å². The Morgan fingerprint density at radius 3 is 2.27 bits per heavy atom. The lowest BCUT2D eigenvalue weighted by atomic mass is 10.00. The molecular weight excluding hydrogens is 205 g/mol.